The SMILES string of the molecule is CCC(CC)CNC(=O)NCC1(C(=O)O)CCOCC1. The van der Waals surface area contributed by atoms with E-state index in [-0.39, 0.29) is 12.6 Å². The minimum absolute atomic E-state index is 0.153. The molecule has 0 aliphatic carbocycles. The van der Waals surface area contributed by atoms with Gasteiger partial charge in [-0.25, -0.2) is 4.79 Å². The number of carboxylic acids is 1. The van der Waals surface area contributed by atoms with Gasteiger partial charge in [-0.05, 0) is 18.8 Å². The summed E-state index contributed by atoms with van der Waals surface area (Å²) in [5, 5.41) is 14.9. The summed E-state index contributed by atoms with van der Waals surface area (Å²) in [5.74, 6) is -0.390. The molecule has 0 unspecified atom stereocenters. The fourth-order valence-corrected chi connectivity index (χ4v) is 2.35. The molecule has 0 bridgehead atoms. The van der Waals surface area contributed by atoms with Crippen LogP contribution in [0.2, 0.25) is 0 Å². The zero-order valence-corrected chi connectivity index (χ0v) is 12.4. The number of carbonyl (C=O) groups is 2. The molecule has 1 aliphatic rings. The van der Waals surface area contributed by atoms with Crippen LogP contribution in [0.1, 0.15) is 39.5 Å². The van der Waals surface area contributed by atoms with Gasteiger partial charge in [-0.3, -0.25) is 4.79 Å². The summed E-state index contributed by atoms with van der Waals surface area (Å²) in [7, 11) is 0. The van der Waals surface area contributed by atoms with Crippen molar-refractivity contribution in [3.8, 4) is 0 Å². The molecule has 6 heteroatoms. The van der Waals surface area contributed by atoms with Crippen molar-refractivity contribution in [2.75, 3.05) is 26.3 Å². The first-order chi connectivity index (χ1) is 9.54. The van der Waals surface area contributed by atoms with Gasteiger partial charge < -0.3 is 20.5 Å². The summed E-state index contributed by atoms with van der Waals surface area (Å²) >= 11 is 0. The minimum Gasteiger partial charge on any atom is -0.481 e. The molecule has 0 aromatic rings. The average Bonchev–Trinajstić information content (AvgIpc) is 2.47. The van der Waals surface area contributed by atoms with Gasteiger partial charge >= 0.3 is 12.0 Å². The molecular weight excluding hydrogens is 260 g/mol. The van der Waals surface area contributed by atoms with Crippen LogP contribution in [-0.4, -0.2) is 43.4 Å². The van der Waals surface area contributed by atoms with E-state index in [0.29, 0.717) is 38.5 Å². The van der Waals surface area contributed by atoms with Crippen molar-refractivity contribution >= 4 is 12.0 Å². The van der Waals surface area contributed by atoms with Crippen molar-refractivity contribution in [2.45, 2.75) is 39.5 Å². The van der Waals surface area contributed by atoms with E-state index >= 15 is 0 Å². The molecule has 0 saturated carbocycles. The zero-order chi connectivity index (χ0) is 15.0. The predicted molar refractivity (Wildman–Crippen MR) is 75.6 cm³/mol. The molecule has 116 valence electrons. The largest absolute Gasteiger partial charge is 0.481 e. The van der Waals surface area contributed by atoms with Crippen molar-refractivity contribution in [3.63, 3.8) is 0 Å². The summed E-state index contributed by atoms with van der Waals surface area (Å²) in [4.78, 5) is 23.2. The van der Waals surface area contributed by atoms with Gasteiger partial charge in [0.1, 0.15) is 0 Å². The Morgan fingerprint density at radius 3 is 2.30 bits per heavy atom. The molecule has 3 N–H and O–H groups in total. The highest BCUT2D eigenvalue weighted by Crippen LogP contribution is 2.29. The maximum atomic E-state index is 11.7. The molecule has 2 amide bonds. The number of hydrogen-bond donors (Lipinski definition) is 3. The molecule has 0 atom stereocenters. The van der Waals surface area contributed by atoms with Gasteiger partial charge in [0.05, 0.1) is 5.41 Å². The number of ether oxygens (including phenoxy) is 1. The lowest BCUT2D eigenvalue weighted by molar-refractivity contribution is -0.154. The Balaban J connectivity index is 2.39. The number of rotatable bonds is 7. The zero-order valence-electron chi connectivity index (χ0n) is 12.4. The van der Waals surface area contributed by atoms with Gasteiger partial charge in [0.25, 0.3) is 0 Å². The fraction of sp³-hybridized carbons (Fsp3) is 0.857. The number of carbonyl (C=O) groups excluding carboxylic acids is 1. The van der Waals surface area contributed by atoms with Gasteiger partial charge in [-0.15, -0.1) is 0 Å². The topological polar surface area (TPSA) is 87.7 Å². The van der Waals surface area contributed by atoms with Crippen LogP contribution in [0.4, 0.5) is 4.79 Å². The van der Waals surface area contributed by atoms with Crippen molar-refractivity contribution in [1.29, 1.82) is 0 Å². The Labute approximate surface area is 120 Å². The fourth-order valence-electron chi connectivity index (χ4n) is 2.35. The number of hydrogen-bond acceptors (Lipinski definition) is 3. The van der Waals surface area contributed by atoms with Gasteiger partial charge in [0.2, 0.25) is 0 Å². The molecule has 1 saturated heterocycles. The van der Waals surface area contributed by atoms with Crippen molar-refractivity contribution < 1.29 is 19.4 Å². The van der Waals surface area contributed by atoms with Crippen molar-refractivity contribution in [3.05, 3.63) is 0 Å². The van der Waals surface area contributed by atoms with E-state index in [1.54, 1.807) is 0 Å². The summed E-state index contributed by atoms with van der Waals surface area (Å²) in [5.41, 5.74) is -0.884. The van der Waals surface area contributed by atoms with Crippen LogP contribution < -0.4 is 10.6 Å². The Hall–Kier alpha value is -1.30. The molecule has 1 fully saturated rings. The summed E-state index contributed by atoms with van der Waals surface area (Å²) < 4.78 is 5.20. The number of urea groups is 1. The third-order valence-electron chi connectivity index (χ3n) is 4.20. The smallest absolute Gasteiger partial charge is 0.314 e. The monoisotopic (exact) mass is 286 g/mol. The molecule has 1 rings (SSSR count). The quantitative estimate of drug-likeness (QED) is 0.663. The molecule has 0 aromatic carbocycles. The predicted octanol–water partition coefficient (Wildman–Crippen LogP) is 1.60. The highest BCUT2D eigenvalue weighted by Gasteiger charge is 2.40. The second-order valence-electron chi connectivity index (χ2n) is 5.44. The van der Waals surface area contributed by atoms with Crippen LogP contribution in [0.3, 0.4) is 0 Å². The van der Waals surface area contributed by atoms with E-state index in [1.165, 1.54) is 0 Å². The lowest BCUT2D eigenvalue weighted by Gasteiger charge is -2.33. The van der Waals surface area contributed by atoms with Gasteiger partial charge in [0.15, 0.2) is 0 Å². The lowest BCUT2D eigenvalue weighted by atomic mass is 9.80. The van der Waals surface area contributed by atoms with Crippen molar-refractivity contribution in [2.24, 2.45) is 11.3 Å². The summed E-state index contributed by atoms with van der Waals surface area (Å²) in [6, 6.07) is -0.288. The standard InChI is InChI=1S/C14H26N2O4/c1-3-11(4-2)9-15-13(19)16-10-14(12(17)18)5-7-20-8-6-14/h11H,3-10H2,1-2H3,(H,17,18)(H2,15,16,19). The van der Waals surface area contributed by atoms with E-state index in [2.05, 4.69) is 24.5 Å². The molecule has 1 aliphatic heterocycles. The van der Waals surface area contributed by atoms with Crippen LogP contribution >= 0.6 is 0 Å². The van der Waals surface area contributed by atoms with E-state index in [4.69, 9.17) is 4.74 Å². The average molecular weight is 286 g/mol. The Bertz CT molecular complexity index is 323. The van der Waals surface area contributed by atoms with E-state index in [0.717, 1.165) is 12.8 Å². The Kier molecular flexibility index (Phi) is 6.78. The van der Waals surface area contributed by atoms with E-state index in [1.807, 2.05) is 0 Å². The van der Waals surface area contributed by atoms with Crippen LogP contribution in [-0.2, 0) is 9.53 Å². The Morgan fingerprint density at radius 2 is 1.80 bits per heavy atom. The molecule has 0 aromatic heterocycles. The van der Waals surface area contributed by atoms with Gasteiger partial charge in [-0.1, -0.05) is 26.7 Å². The maximum absolute atomic E-state index is 11.7. The van der Waals surface area contributed by atoms with Gasteiger partial charge in [0, 0.05) is 26.3 Å². The second kappa shape index (κ2) is 8.09. The first-order valence-corrected chi connectivity index (χ1v) is 7.37. The first-order valence-electron chi connectivity index (χ1n) is 7.37. The van der Waals surface area contributed by atoms with Crippen LogP contribution in [0.15, 0.2) is 0 Å². The third-order valence-corrected chi connectivity index (χ3v) is 4.20. The van der Waals surface area contributed by atoms with Gasteiger partial charge in [-0.2, -0.15) is 0 Å². The molecular formula is C14H26N2O4. The summed E-state index contributed by atoms with van der Waals surface area (Å²) in [6.45, 7) is 5.83. The molecule has 0 radical (unpaired) electrons. The lowest BCUT2D eigenvalue weighted by Crippen LogP contribution is -2.49. The number of nitrogens with one attached hydrogen (secondary N) is 2. The highest BCUT2D eigenvalue weighted by molar-refractivity contribution is 5.78. The highest BCUT2D eigenvalue weighted by atomic mass is 16.5. The second-order valence-corrected chi connectivity index (χ2v) is 5.44. The van der Waals surface area contributed by atoms with Crippen LogP contribution in [0.25, 0.3) is 0 Å². The van der Waals surface area contributed by atoms with Crippen LogP contribution in [0, 0.1) is 11.3 Å². The maximum Gasteiger partial charge on any atom is 0.314 e. The van der Waals surface area contributed by atoms with Crippen molar-refractivity contribution in [1.82, 2.24) is 10.6 Å². The normalized spacial score (nSPS) is 17.8. The Morgan fingerprint density at radius 1 is 1.20 bits per heavy atom. The van der Waals surface area contributed by atoms with E-state index < -0.39 is 11.4 Å². The molecule has 1 heterocycles. The first kappa shape index (κ1) is 16.8. The number of carboxylic acid groups (broad SMARTS) is 1. The summed E-state index contributed by atoms with van der Waals surface area (Å²) in [6.07, 6.45) is 2.92. The minimum atomic E-state index is -0.884. The van der Waals surface area contributed by atoms with Crippen LogP contribution in [0.5, 0.6) is 0 Å². The molecule has 20 heavy (non-hydrogen) atoms. The van der Waals surface area contributed by atoms with E-state index in [9.17, 15) is 14.7 Å². The molecule has 0 spiro atoms. The molecule has 6 nitrogen and oxygen atoms in total. The number of aliphatic carboxylic acids is 1. The number of amides is 2. The third kappa shape index (κ3) is 4.67.